The summed E-state index contributed by atoms with van der Waals surface area (Å²) in [5, 5.41) is 11.0. The minimum Gasteiger partial charge on any atom is -0.504 e. The first-order chi connectivity index (χ1) is 8.47. The number of halogens is 4. The van der Waals surface area contributed by atoms with Gasteiger partial charge in [-0.15, -0.1) is 0 Å². The Morgan fingerprint density at radius 3 is 2.17 bits per heavy atom. The van der Waals surface area contributed by atoms with Crippen LogP contribution in [0.1, 0.15) is 0 Å². The lowest BCUT2D eigenvalue weighted by atomic mass is 10.3. The van der Waals surface area contributed by atoms with Crippen molar-refractivity contribution in [3.05, 3.63) is 50.4 Å². The molecule has 0 radical (unpaired) electrons. The summed E-state index contributed by atoms with van der Waals surface area (Å²) in [6.07, 6.45) is 0. The second-order valence-electron chi connectivity index (χ2n) is 3.41. The maximum Gasteiger partial charge on any atom is 0.170 e. The Bertz CT molecular complexity index is 599. The highest BCUT2D eigenvalue weighted by molar-refractivity contribution is 6.43. The summed E-state index contributed by atoms with van der Waals surface area (Å²) in [6.45, 7) is 0. The molecule has 0 atom stereocenters. The summed E-state index contributed by atoms with van der Waals surface area (Å²) in [7, 11) is 0. The normalized spacial score (nSPS) is 10.4. The van der Waals surface area contributed by atoms with Crippen molar-refractivity contribution in [3.63, 3.8) is 0 Å². The second-order valence-corrected chi connectivity index (χ2v) is 5.07. The van der Waals surface area contributed by atoms with Gasteiger partial charge in [0, 0.05) is 17.2 Å². The van der Waals surface area contributed by atoms with Crippen LogP contribution in [0.15, 0.2) is 30.3 Å². The van der Waals surface area contributed by atoms with Gasteiger partial charge in [-0.05, 0) is 18.2 Å². The first kappa shape index (κ1) is 13.6. The average molecular weight is 324 g/mol. The fraction of sp³-hybridized carbons (Fsp3) is 0. The lowest BCUT2D eigenvalue weighted by molar-refractivity contribution is 0.411. The molecule has 0 spiro atoms. The third-order valence-electron chi connectivity index (χ3n) is 2.12. The Balaban J connectivity index is 2.40. The van der Waals surface area contributed by atoms with E-state index in [0.29, 0.717) is 15.1 Å². The van der Waals surface area contributed by atoms with Crippen molar-refractivity contribution >= 4 is 46.4 Å². The van der Waals surface area contributed by atoms with Gasteiger partial charge in [-0.3, -0.25) is 0 Å². The van der Waals surface area contributed by atoms with Crippen LogP contribution < -0.4 is 4.74 Å². The third kappa shape index (κ3) is 2.96. The van der Waals surface area contributed by atoms with Crippen LogP contribution in [-0.2, 0) is 0 Å². The van der Waals surface area contributed by atoms with E-state index in [2.05, 4.69) is 0 Å². The van der Waals surface area contributed by atoms with Crippen LogP contribution in [0.2, 0.25) is 20.1 Å². The SMILES string of the molecule is Oc1ccc(Cl)cc1Oc1cc(Cl)c(Cl)cc1Cl. The number of rotatable bonds is 2. The van der Waals surface area contributed by atoms with E-state index in [9.17, 15) is 5.11 Å². The lowest BCUT2D eigenvalue weighted by Crippen LogP contribution is -1.87. The van der Waals surface area contributed by atoms with E-state index in [-0.39, 0.29) is 22.3 Å². The predicted molar refractivity (Wildman–Crippen MR) is 74.7 cm³/mol. The molecule has 0 amide bonds. The highest BCUT2D eigenvalue weighted by atomic mass is 35.5. The quantitative estimate of drug-likeness (QED) is 0.708. The highest BCUT2D eigenvalue weighted by Gasteiger charge is 2.11. The van der Waals surface area contributed by atoms with Crippen molar-refractivity contribution in [1.82, 2.24) is 0 Å². The molecule has 0 heterocycles. The molecule has 0 unspecified atom stereocenters. The molecule has 0 aliphatic rings. The maximum atomic E-state index is 9.63. The van der Waals surface area contributed by atoms with E-state index in [1.165, 1.54) is 24.3 Å². The van der Waals surface area contributed by atoms with Crippen LogP contribution in [0.5, 0.6) is 17.2 Å². The Hall–Kier alpha value is -0.800. The summed E-state index contributed by atoms with van der Waals surface area (Å²) in [5.74, 6) is 0.410. The first-order valence-corrected chi connectivity index (χ1v) is 6.29. The zero-order chi connectivity index (χ0) is 13.3. The van der Waals surface area contributed by atoms with Gasteiger partial charge in [-0.2, -0.15) is 0 Å². The van der Waals surface area contributed by atoms with Gasteiger partial charge in [-0.1, -0.05) is 46.4 Å². The summed E-state index contributed by atoms with van der Waals surface area (Å²) < 4.78 is 5.45. The predicted octanol–water partition coefficient (Wildman–Crippen LogP) is 5.80. The van der Waals surface area contributed by atoms with Gasteiger partial charge in [-0.25, -0.2) is 0 Å². The van der Waals surface area contributed by atoms with Gasteiger partial charge < -0.3 is 9.84 Å². The summed E-state index contributed by atoms with van der Waals surface area (Å²) in [5.41, 5.74) is 0. The number of hydrogen-bond acceptors (Lipinski definition) is 2. The molecule has 6 heteroatoms. The van der Waals surface area contributed by atoms with Gasteiger partial charge >= 0.3 is 0 Å². The van der Waals surface area contributed by atoms with Crippen LogP contribution in [0.3, 0.4) is 0 Å². The van der Waals surface area contributed by atoms with Gasteiger partial charge in [0.15, 0.2) is 11.5 Å². The van der Waals surface area contributed by atoms with Gasteiger partial charge in [0.1, 0.15) is 5.75 Å². The van der Waals surface area contributed by atoms with E-state index in [1.54, 1.807) is 6.07 Å². The molecule has 0 aliphatic heterocycles. The molecular weight excluding hydrogens is 318 g/mol. The minimum atomic E-state index is -0.0541. The third-order valence-corrected chi connectivity index (χ3v) is 3.37. The number of phenolic OH excluding ortho intramolecular Hbond substituents is 1. The molecule has 2 rings (SSSR count). The van der Waals surface area contributed by atoms with Gasteiger partial charge in [0.2, 0.25) is 0 Å². The van der Waals surface area contributed by atoms with E-state index in [4.69, 9.17) is 51.1 Å². The molecule has 0 bridgehead atoms. The molecule has 2 aromatic rings. The topological polar surface area (TPSA) is 29.5 Å². The van der Waals surface area contributed by atoms with Crippen LogP contribution in [0.4, 0.5) is 0 Å². The largest absolute Gasteiger partial charge is 0.504 e. The minimum absolute atomic E-state index is 0.0541. The van der Waals surface area contributed by atoms with Crippen molar-refractivity contribution < 1.29 is 9.84 Å². The lowest BCUT2D eigenvalue weighted by Gasteiger charge is -2.10. The average Bonchev–Trinajstić information content (AvgIpc) is 2.30. The van der Waals surface area contributed by atoms with Crippen LogP contribution >= 0.6 is 46.4 Å². The smallest absolute Gasteiger partial charge is 0.170 e. The summed E-state index contributed by atoms with van der Waals surface area (Å²) in [4.78, 5) is 0. The number of benzene rings is 2. The molecule has 2 aromatic carbocycles. The molecule has 0 aliphatic carbocycles. The Labute approximate surface area is 124 Å². The number of phenols is 1. The zero-order valence-corrected chi connectivity index (χ0v) is 11.8. The molecule has 2 nitrogen and oxygen atoms in total. The number of hydrogen-bond donors (Lipinski definition) is 1. The molecule has 0 saturated carbocycles. The first-order valence-electron chi connectivity index (χ1n) is 4.78. The molecule has 0 fully saturated rings. The molecule has 18 heavy (non-hydrogen) atoms. The maximum absolute atomic E-state index is 9.63. The van der Waals surface area contributed by atoms with E-state index >= 15 is 0 Å². The number of ether oxygens (including phenoxy) is 1. The Morgan fingerprint density at radius 2 is 1.44 bits per heavy atom. The monoisotopic (exact) mass is 322 g/mol. The van der Waals surface area contributed by atoms with E-state index in [0.717, 1.165) is 0 Å². The fourth-order valence-electron chi connectivity index (χ4n) is 1.27. The van der Waals surface area contributed by atoms with Crippen molar-refractivity contribution in [2.75, 3.05) is 0 Å². The van der Waals surface area contributed by atoms with E-state index in [1.807, 2.05) is 0 Å². The number of aromatic hydroxyl groups is 1. The molecule has 0 saturated heterocycles. The van der Waals surface area contributed by atoms with E-state index < -0.39 is 0 Å². The molecule has 0 aromatic heterocycles. The van der Waals surface area contributed by atoms with Crippen molar-refractivity contribution in [3.8, 4) is 17.2 Å². The van der Waals surface area contributed by atoms with Crippen molar-refractivity contribution in [2.45, 2.75) is 0 Å². The standard InChI is InChI=1S/C12H6Cl4O2/c13-6-1-2-10(17)12(3-6)18-11-5-8(15)7(14)4-9(11)16/h1-5,17H. The van der Waals surface area contributed by atoms with Gasteiger partial charge in [0.05, 0.1) is 15.1 Å². The molecule has 94 valence electrons. The highest BCUT2D eigenvalue weighted by Crippen LogP contribution is 2.39. The van der Waals surface area contributed by atoms with Crippen molar-refractivity contribution in [1.29, 1.82) is 0 Å². The summed E-state index contributed by atoms with van der Waals surface area (Å²) >= 11 is 23.4. The molecule has 1 N–H and O–H groups in total. The molecular formula is C12H6Cl4O2. The summed E-state index contributed by atoms with van der Waals surface area (Å²) in [6, 6.07) is 7.36. The van der Waals surface area contributed by atoms with Crippen LogP contribution in [-0.4, -0.2) is 5.11 Å². The van der Waals surface area contributed by atoms with Gasteiger partial charge in [0.25, 0.3) is 0 Å². The Kier molecular flexibility index (Phi) is 4.13. The Morgan fingerprint density at radius 1 is 0.778 bits per heavy atom. The zero-order valence-electron chi connectivity index (χ0n) is 8.75. The second kappa shape index (κ2) is 5.45. The fourth-order valence-corrected chi connectivity index (χ4v) is 2.01. The van der Waals surface area contributed by atoms with Crippen LogP contribution in [0.25, 0.3) is 0 Å². The van der Waals surface area contributed by atoms with Crippen molar-refractivity contribution in [2.24, 2.45) is 0 Å². The van der Waals surface area contributed by atoms with Crippen LogP contribution in [0, 0.1) is 0 Å².